The van der Waals surface area contributed by atoms with Gasteiger partial charge in [-0.3, -0.25) is 0 Å². The van der Waals surface area contributed by atoms with E-state index in [0.29, 0.717) is 22.9 Å². The summed E-state index contributed by atoms with van der Waals surface area (Å²) in [4.78, 5) is 16.2. The van der Waals surface area contributed by atoms with Crippen LogP contribution in [0.15, 0.2) is 54.7 Å². The van der Waals surface area contributed by atoms with E-state index in [9.17, 15) is 18.0 Å². The van der Waals surface area contributed by atoms with E-state index < -0.39 is 24.3 Å². The van der Waals surface area contributed by atoms with Gasteiger partial charge in [0.2, 0.25) is 0 Å². The molecule has 5 nitrogen and oxygen atoms in total. The van der Waals surface area contributed by atoms with E-state index >= 15 is 0 Å². The molecule has 0 aliphatic rings. The Labute approximate surface area is 179 Å². The first kappa shape index (κ1) is 20.9. The van der Waals surface area contributed by atoms with Gasteiger partial charge >= 0.3 is 12.1 Å². The maximum absolute atomic E-state index is 12.8. The van der Waals surface area contributed by atoms with E-state index in [0.717, 1.165) is 33.6 Å². The second-order valence-corrected chi connectivity index (χ2v) is 8.03. The van der Waals surface area contributed by atoms with Gasteiger partial charge < -0.3 is 14.4 Å². The van der Waals surface area contributed by atoms with Gasteiger partial charge in [-0.05, 0) is 42.6 Å². The number of halogens is 3. The molecule has 0 saturated carbocycles. The molecule has 0 saturated heterocycles. The summed E-state index contributed by atoms with van der Waals surface area (Å²) in [5, 5.41) is 10.4. The number of benzene rings is 2. The number of nitrogens with zero attached hydrogens (tertiary/aromatic N) is 2. The molecule has 0 spiro atoms. The highest BCUT2D eigenvalue weighted by Gasteiger charge is 2.30. The monoisotopic (exact) mass is 446 g/mol. The molecule has 0 radical (unpaired) electrons. The highest BCUT2D eigenvalue weighted by atomic mass is 32.1. The fourth-order valence-electron chi connectivity index (χ4n) is 3.19. The van der Waals surface area contributed by atoms with E-state index in [2.05, 4.69) is 4.98 Å². The summed E-state index contributed by atoms with van der Waals surface area (Å²) in [6.07, 6.45) is -2.45. The summed E-state index contributed by atoms with van der Waals surface area (Å²) in [5.41, 5.74) is 1.63. The van der Waals surface area contributed by atoms with Gasteiger partial charge in [-0.25, -0.2) is 9.78 Å². The van der Waals surface area contributed by atoms with Gasteiger partial charge in [-0.1, -0.05) is 12.1 Å². The van der Waals surface area contributed by atoms with Crippen molar-refractivity contribution >= 4 is 28.2 Å². The maximum Gasteiger partial charge on any atom is 0.416 e. The van der Waals surface area contributed by atoms with Crippen LogP contribution >= 0.6 is 11.3 Å². The minimum absolute atomic E-state index is 0.420. The summed E-state index contributed by atoms with van der Waals surface area (Å²) in [6.45, 7) is 1.97. The van der Waals surface area contributed by atoms with Crippen LogP contribution in [0.3, 0.4) is 0 Å². The van der Waals surface area contributed by atoms with Gasteiger partial charge in [0.25, 0.3) is 0 Å². The predicted molar refractivity (Wildman–Crippen MR) is 111 cm³/mol. The van der Waals surface area contributed by atoms with Gasteiger partial charge in [-0.15, -0.1) is 11.3 Å². The Bertz CT molecular complexity index is 1240. The van der Waals surface area contributed by atoms with Crippen LogP contribution in [0.25, 0.3) is 21.5 Å². The Morgan fingerprint density at radius 3 is 2.58 bits per heavy atom. The number of aromatic nitrogens is 2. The number of alkyl halides is 3. The normalized spacial score (nSPS) is 11.7. The van der Waals surface area contributed by atoms with Crippen molar-refractivity contribution in [2.24, 2.45) is 0 Å². The summed E-state index contributed by atoms with van der Waals surface area (Å²) >= 11 is 1.43. The van der Waals surface area contributed by atoms with Gasteiger partial charge in [0.05, 0.1) is 23.3 Å². The first-order chi connectivity index (χ1) is 14.7. The van der Waals surface area contributed by atoms with E-state index in [-0.39, 0.29) is 0 Å². The number of thiazole rings is 1. The minimum Gasteiger partial charge on any atom is -0.482 e. The highest BCUT2D eigenvalue weighted by molar-refractivity contribution is 7.15. The van der Waals surface area contributed by atoms with Crippen LogP contribution in [0.4, 0.5) is 13.2 Å². The number of hydrogen-bond donors (Lipinski definition) is 1. The number of hydrogen-bond acceptors (Lipinski definition) is 4. The lowest BCUT2D eigenvalue weighted by molar-refractivity contribution is -0.139. The predicted octanol–water partition coefficient (Wildman–Crippen LogP) is 5.60. The molecule has 0 atom stereocenters. The molecule has 0 aliphatic carbocycles. The Balaban J connectivity index is 1.59. The average Bonchev–Trinajstić information content (AvgIpc) is 3.29. The molecule has 9 heteroatoms. The molecular formula is C22H17F3N2O3S. The van der Waals surface area contributed by atoms with Gasteiger partial charge in [0.1, 0.15) is 10.8 Å². The quantitative estimate of drug-likeness (QED) is 0.419. The van der Waals surface area contributed by atoms with Gasteiger partial charge in [0, 0.05) is 22.7 Å². The van der Waals surface area contributed by atoms with Crippen molar-refractivity contribution in [2.75, 3.05) is 6.61 Å². The lowest BCUT2D eigenvalue weighted by atomic mass is 10.1. The second-order valence-electron chi connectivity index (χ2n) is 6.95. The molecule has 0 amide bonds. The highest BCUT2D eigenvalue weighted by Crippen LogP contribution is 2.33. The largest absolute Gasteiger partial charge is 0.482 e. The fraction of sp³-hybridized carbons (Fsp3) is 0.182. The number of rotatable bonds is 6. The molecule has 0 aliphatic heterocycles. The van der Waals surface area contributed by atoms with E-state index in [1.807, 2.05) is 29.8 Å². The average molecular weight is 446 g/mol. The lowest BCUT2D eigenvalue weighted by Crippen LogP contribution is -2.09. The zero-order valence-corrected chi connectivity index (χ0v) is 17.1. The molecule has 160 valence electrons. The summed E-state index contributed by atoms with van der Waals surface area (Å²) in [6, 6.07) is 12.3. The molecule has 2 aromatic heterocycles. The van der Waals surface area contributed by atoms with Crippen molar-refractivity contribution in [2.45, 2.75) is 19.6 Å². The Hall–Kier alpha value is -3.33. The van der Waals surface area contributed by atoms with Gasteiger partial charge in [-0.2, -0.15) is 13.2 Å². The molecule has 0 fully saturated rings. The molecule has 1 N–H and O–H groups in total. The SMILES string of the molecule is Cc1nc(-c2ccc(C(F)(F)F)cc2)sc1Cn1ccc2ccc(OCC(=O)O)cc21. The van der Waals surface area contributed by atoms with Crippen molar-refractivity contribution in [3.8, 4) is 16.3 Å². The fourth-order valence-corrected chi connectivity index (χ4v) is 4.26. The molecule has 0 unspecified atom stereocenters. The summed E-state index contributed by atoms with van der Waals surface area (Å²) in [7, 11) is 0. The Kier molecular flexibility index (Phi) is 5.45. The van der Waals surface area contributed by atoms with Crippen molar-refractivity contribution in [3.05, 3.63) is 70.9 Å². The van der Waals surface area contributed by atoms with E-state index in [1.54, 1.807) is 12.1 Å². The van der Waals surface area contributed by atoms with Crippen LogP contribution < -0.4 is 4.74 Å². The number of aliphatic carboxylic acids is 1. The molecule has 4 rings (SSSR count). The number of carboxylic acid groups (broad SMARTS) is 1. The van der Waals surface area contributed by atoms with Gasteiger partial charge in [0.15, 0.2) is 6.61 Å². The second kappa shape index (κ2) is 8.07. The molecular weight excluding hydrogens is 429 g/mol. The molecule has 31 heavy (non-hydrogen) atoms. The zero-order chi connectivity index (χ0) is 22.2. The van der Waals surface area contributed by atoms with Crippen molar-refractivity contribution in [1.29, 1.82) is 0 Å². The van der Waals surface area contributed by atoms with Crippen LogP contribution in [-0.2, 0) is 17.5 Å². The van der Waals surface area contributed by atoms with Crippen molar-refractivity contribution in [1.82, 2.24) is 9.55 Å². The number of ether oxygens (including phenoxy) is 1. The first-order valence-electron chi connectivity index (χ1n) is 9.28. The number of carboxylic acids is 1. The number of aryl methyl sites for hydroxylation is 1. The third-order valence-corrected chi connectivity index (χ3v) is 5.96. The minimum atomic E-state index is -4.37. The van der Waals surface area contributed by atoms with Crippen LogP contribution in [-0.4, -0.2) is 27.2 Å². The van der Waals surface area contributed by atoms with Crippen LogP contribution in [0.1, 0.15) is 16.1 Å². The molecule has 4 aromatic rings. The van der Waals surface area contributed by atoms with Crippen LogP contribution in [0, 0.1) is 6.92 Å². The first-order valence-corrected chi connectivity index (χ1v) is 10.1. The summed E-state index contributed by atoms with van der Waals surface area (Å²) in [5.74, 6) is -0.590. The molecule has 2 aromatic carbocycles. The maximum atomic E-state index is 12.8. The zero-order valence-electron chi connectivity index (χ0n) is 16.3. The topological polar surface area (TPSA) is 64.4 Å². The smallest absolute Gasteiger partial charge is 0.416 e. The van der Waals surface area contributed by atoms with Crippen LogP contribution in [0.5, 0.6) is 5.75 Å². The lowest BCUT2D eigenvalue weighted by Gasteiger charge is -2.07. The molecule has 0 bridgehead atoms. The number of carbonyl (C=O) groups is 1. The third-order valence-electron chi connectivity index (χ3n) is 4.77. The Morgan fingerprint density at radius 2 is 1.90 bits per heavy atom. The van der Waals surface area contributed by atoms with Crippen molar-refractivity contribution < 1.29 is 27.8 Å². The van der Waals surface area contributed by atoms with Crippen LogP contribution in [0.2, 0.25) is 0 Å². The third kappa shape index (κ3) is 4.56. The van der Waals surface area contributed by atoms with Crippen molar-refractivity contribution in [3.63, 3.8) is 0 Å². The van der Waals surface area contributed by atoms with E-state index in [1.165, 1.54) is 23.5 Å². The molecule has 2 heterocycles. The summed E-state index contributed by atoms with van der Waals surface area (Å²) < 4.78 is 45.6. The Morgan fingerprint density at radius 1 is 1.16 bits per heavy atom. The van der Waals surface area contributed by atoms with E-state index in [4.69, 9.17) is 9.84 Å². The standard InChI is InChI=1S/C22H17F3N2O3S/c1-13-19(31-21(26-13)15-2-5-16(6-3-15)22(23,24)25)11-27-9-8-14-4-7-17(10-18(14)27)30-12-20(28)29/h2-10H,11-12H2,1H3,(H,28,29). The number of fused-ring (bicyclic) bond motifs is 1.